The Labute approximate surface area is 129 Å². The molecule has 0 spiro atoms. The van der Waals surface area contributed by atoms with Crippen molar-refractivity contribution in [2.24, 2.45) is 0 Å². The summed E-state index contributed by atoms with van der Waals surface area (Å²) in [7, 11) is 0. The summed E-state index contributed by atoms with van der Waals surface area (Å²) in [5.74, 6) is 2.65. The predicted octanol–water partition coefficient (Wildman–Crippen LogP) is 5.79. The number of terminal acetylenes is 1. The zero-order valence-corrected chi connectivity index (χ0v) is 13.2. The molecular weight excluding hydrogens is 268 g/mol. The molecule has 0 rings (SSSR count). The minimum absolute atomic E-state index is 0.208. The largest absolute Gasteiger partial charge is 0.281 e. The molecule has 0 aliphatic heterocycles. The first-order valence-corrected chi connectivity index (χ1v) is 8.07. The highest BCUT2D eigenvalue weighted by molar-refractivity contribution is 6.63. The predicted molar refractivity (Wildman–Crippen MR) is 88.8 cm³/mol. The highest BCUT2D eigenvalue weighted by Gasteiger charge is 1.95. The van der Waals surface area contributed by atoms with Crippen molar-refractivity contribution in [3.05, 3.63) is 24.3 Å². The maximum atomic E-state index is 10.5. The van der Waals surface area contributed by atoms with Crippen LogP contribution in [-0.4, -0.2) is 5.24 Å². The van der Waals surface area contributed by atoms with Crippen LogP contribution in [0.3, 0.4) is 0 Å². The van der Waals surface area contributed by atoms with Crippen molar-refractivity contribution in [2.75, 3.05) is 0 Å². The van der Waals surface area contributed by atoms with Crippen LogP contribution in [0, 0.1) is 12.3 Å². The van der Waals surface area contributed by atoms with Crippen molar-refractivity contribution in [3.63, 3.8) is 0 Å². The van der Waals surface area contributed by atoms with Crippen LogP contribution in [0.25, 0.3) is 0 Å². The Morgan fingerprint density at radius 2 is 1.50 bits per heavy atom. The number of hydrogen-bond donors (Lipinski definition) is 0. The van der Waals surface area contributed by atoms with Gasteiger partial charge in [-0.1, -0.05) is 43.6 Å². The molecule has 0 atom stereocenters. The molecule has 0 aromatic rings. The second-order valence-electron chi connectivity index (χ2n) is 4.94. The molecule has 1 nitrogen and oxygen atoms in total. The maximum absolute atomic E-state index is 10.5. The first-order valence-electron chi connectivity index (χ1n) is 7.69. The van der Waals surface area contributed by atoms with E-state index < -0.39 is 0 Å². The van der Waals surface area contributed by atoms with Crippen molar-refractivity contribution >= 4 is 16.8 Å². The molecule has 0 amide bonds. The fourth-order valence-electron chi connectivity index (χ4n) is 1.89. The molecule has 0 fully saturated rings. The van der Waals surface area contributed by atoms with Gasteiger partial charge in [0.1, 0.15) is 0 Å². The van der Waals surface area contributed by atoms with Crippen LogP contribution < -0.4 is 0 Å². The van der Waals surface area contributed by atoms with Crippen molar-refractivity contribution in [2.45, 2.75) is 70.6 Å². The summed E-state index contributed by atoms with van der Waals surface area (Å²) in [6, 6.07) is 0. The Kier molecular flexibility index (Phi) is 15.3. The molecule has 20 heavy (non-hydrogen) atoms. The third-order valence-electron chi connectivity index (χ3n) is 3.04. The normalized spacial score (nSPS) is 11.2. The quantitative estimate of drug-likeness (QED) is 0.182. The number of carbonyl (C=O) groups is 1. The topological polar surface area (TPSA) is 17.1 Å². The lowest BCUT2D eigenvalue weighted by atomic mass is 10.1. The van der Waals surface area contributed by atoms with Gasteiger partial charge in [0.2, 0.25) is 5.24 Å². The molecule has 2 heteroatoms. The fourth-order valence-corrected chi connectivity index (χ4v) is 2.02. The molecule has 112 valence electrons. The molecule has 0 N–H and O–H groups in total. The third kappa shape index (κ3) is 17.0. The fraction of sp³-hybridized carbons (Fsp3) is 0.611. The molecule has 0 heterocycles. The van der Waals surface area contributed by atoms with Gasteiger partial charge < -0.3 is 0 Å². The molecule has 0 saturated heterocycles. The van der Waals surface area contributed by atoms with Gasteiger partial charge >= 0.3 is 0 Å². The number of allylic oxidation sites excluding steroid dienone is 4. The van der Waals surface area contributed by atoms with Crippen molar-refractivity contribution in [3.8, 4) is 12.3 Å². The van der Waals surface area contributed by atoms with E-state index in [-0.39, 0.29) is 5.24 Å². The van der Waals surface area contributed by atoms with E-state index in [0.29, 0.717) is 6.42 Å². The van der Waals surface area contributed by atoms with Crippen LogP contribution in [0.1, 0.15) is 70.6 Å². The second kappa shape index (κ2) is 16.1. The molecule has 0 saturated carbocycles. The monoisotopic (exact) mass is 294 g/mol. The molecular formula is C18H27ClO. The van der Waals surface area contributed by atoms with E-state index in [1.807, 2.05) is 0 Å². The number of hydrogen-bond acceptors (Lipinski definition) is 1. The van der Waals surface area contributed by atoms with Gasteiger partial charge in [-0.05, 0) is 50.1 Å². The smallest absolute Gasteiger partial charge is 0.221 e. The Hall–Kier alpha value is -1.00. The number of carbonyl (C=O) groups excluding carboxylic acids is 1. The van der Waals surface area contributed by atoms with Crippen LogP contribution in [-0.2, 0) is 4.79 Å². The Morgan fingerprint density at radius 3 is 2.15 bits per heavy atom. The van der Waals surface area contributed by atoms with E-state index in [1.54, 1.807) is 0 Å². The average molecular weight is 295 g/mol. The van der Waals surface area contributed by atoms with Crippen LogP contribution in [0.4, 0.5) is 0 Å². The minimum Gasteiger partial charge on any atom is -0.281 e. The minimum atomic E-state index is -0.208. The van der Waals surface area contributed by atoms with E-state index in [4.69, 9.17) is 18.0 Å². The molecule has 0 bridgehead atoms. The number of halogens is 1. The first-order chi connectivity index (χ1) is 9.77. The SMILES string of the molecule is C#CCCC/C=C\C/C=C\CCCCCCCC(=O)Cl. The summed E-state index contributed by atoms with van der Waals surface area (Å²) in [5.41, 5.74) is 0. The Morgan fingerprint density at radius 1 is 0.900 bits per heavy atom. The van der Waals surface area contributed by atoms with E-state index in [1.165, 1.54) is 19.3 Å². The number of unbranched alkanes of at least 4 members (excludes halogenated alkanes) is 7. The average Bonchev–Trinajstić information content (AvgIpc) is 2.43. The summed E-state index contributed by atoms with van der Waals surface area (Å²) in [4.78, 5) is 10.5. The summed E-state index contributed by atoms with van der Waals surface area (Å²) >= 11 is 5.27. The van der Waals surface area contributed by atoms with E-state index in [2.05, 4.69) is 30.2 Å². The van der Waals surface area contributed by atoms with Crippen molar-refractivity contribution in [1.82, 2.24) is 0 Å². The van der Waals surface area contributed by atoms with Gasteiger partial charge in [-0.15, -0.1) is 12.3 Å². The van der Waals surface area contributed by atoms with Crippen LogP contribution in [0.5, 0.6) is 0 Å². The van der Waals surface area contributed by atoms with E-state index in [9.17, 15) is 4.79 Å². The highest BCUT2D eigenvalue weighted by atomic mass is 35.5. The van der Waals surface area contributed by atoms with Gasteiger partial charge in [-0.2, -0.15) is 0 Å². The third-order valence-corrected chi connectivity index (χ3v) is 3.23. The lowest BCUT2D eigenvalue weighted by Crippen LogP contribution is -1.86. The summed E-state index contributed by atoms with van der Waals surface area (Å²) in [6.07, 6.45) is 25.5. The summed E-state index contributed by atoms with van der Waals surface area (Å²) in [5, 5.41) is -0.208. The zero-order valence-electron chi connectivity index (χ0n) is 12.5. The molecule has 0 unspecified atom stereocenters. The molecule has 0 radical (unpaired) electrons. The van der Waals surface area contributed by atoms with Gasteiger partial charge in [-0.3, -0.25) is 4.79 Å². The maximum Gasteiger partial charge on any atom is 0.221 e. The molecule has 0 aromatic heterocycles. The van der Waals surface area contributed by atoms with Crippen LogP contribution in [0.15, 0.2) is 24.3 Å². The van der Waals surface area contributed by atoms with Crippen LogP contribution in [0.2, 0.25) is 0 Å². The lowest BCUT2D eigenvalue weighted by Gasteiger charge is -1.97. The second-order valence-corrected chi connectivity index (χ2v) is 5.36. The molecule has 0 aliphatic rings. The van der Waals surface area contributed by atoms with Gasteiger partial charge in [0.15, 0.2) is 0 Å². The zero-order chi connectivity index (χ0) is 14.9. The van der Waals surface area contributed by atoms with Gasteiger partial charge in [0.25, 0.3) is 0 Å². The Balaban J connectivity index is 3.20. The number of rotatable bonds is 13. The molecule has 0 aromatic carbocycles. The van der Waals surface area contributed by atoms with Crippen molar-refractivity contribution in [1.29, 1.82) is 0 Å². The van der Waals surface area contributed by atoms with Gasteiger partial charge in [0.05, 0.1) is 0 Å². The highest BCUT2D eigenvalue weighted by Crippen LogP contribution is 2.08. The summed E-state index contributed by atoms with van der Waals surface area (Å²) < 4.78 is 0. The first kappa shape index (κ1) is 19.0. The van der Waals surface area contributed by atoms with Gasteiger partial charge in [-0.25, -0.2) is 0 Å². The van der Waals surface area contributed by atoms with Gasteiger partial charge in [0, 0.05) is 12.8 Å². The van der Waals surface area contributed by atoms with E-state index >= 15 is 0 Å². The van der Waals surface area contributed by atoms with E-state index in [0.717, 1.165) is 44.9 Å². The standard InChI is InChI=1S/C18H27ClO/c1-2-3-4-5-6-7-8-9-10-11-12-13-14-15-16-17-18(19)20/h1,6-7,9-10H,3-5,8,11-17H2/b7-6-,10-9-. The van der Waals surface area contributed by atoms with Crippen molar-refractivity contribution < 1.29 is 4.79 Å². The summed E-state index contributed by atoms with van der Waals surface area (Å²) in [6.45, 7) is 0. The molecule has 0 aliphatic carbocycles. The van der Waals surface area contributed by atoms with Crippen LogP contribution >= 0.6 is 11.6 Å². The lowest BCUT2D eigenvalue weighted by molar-refractivity contribution is -0.111. The Bertz CT molecular complexity index is 323.